The monoisotopic (exact) mass is 407 g/mol. The number of nitrogens with one attached hydrogen (secondary N) is 2. The zero-order chi connectivity index (χ0) is 21.5. The van der Waals surface area contributed by atoms with Crippen LogP contribution >= 0.6 is 0 Å². The SMILES string of the molecule is CNc1cc2c3c(c1O)CCCN3CCC2.CNc1ccccc1/C=C\N=C(C)N. The van der Waals surface area contributed by atoms with E-state index in [1.54, 1.807) is 13.1 Å². The Morgan fingerprint density at radius 1 is 1.10 bits per heavy atom. The first kappa shape index (κ1) is 21.6. The summed E-state index contributed by atoms with van der Waals surface area (Å²) in [6.07, 6.45) is 8.18. The van der Waals surface area contributed by atoms with Crippen LogP contribution in [-0.4, -0.2) is 38.1 Å². The van der Waals surface area contributed by atoms with Crippen molar-refractivity contribution in [2.45, 2.75) is 32.6 Å². The minimum atomic E-state index is 0.466. The largest absolute Gasteiger partial charge is 0.505 e. The Morgan fingerprint density at radius 2 is 1.80 bits per heavy atom. The van der Waals surface area contributed by atoms with Crippen LogP contribution in [0.1, 0.15) is 36.5 Å². The van der Waals surface area contributed by atoms with Gasteiger partial charge in [-0.25, -0.2) is 4.99 Å². The van der Waals surface area contributed by atoms with Gasteiger partial charge < -0.3 is 26.4 Å². The summed E-state index contributed by atoms with van der Waals surface area (Å²) in [4.78, 5) is 6.42. The van der Waals surface area contributed by atoms with Crippen LogP contribution in [0.2, 0.25) is 0 Å². The number of hydrogen-bond donors (Lipinski definition) is 4. The Bertz CT molecular complexity index is 929. The molecule has 0 aliphatic carbocycles. The van der Waals surface area contributed by atoms with Gasteiger partial charge in [0.2, 0.25) is 0 Å². The molecule has 2 aromatic rings. The van der Waals surface area contributed by atoms with E-state index in [0.29, 0.717) is 11.6 Å². The summed E-state index contributed by atoms with van der Waals surface area (Å²) in [5.74, 6) is 1.02. The number of rotatable bonds is 4. The lowest BCUT2D eigenvalue weighted by molar-refractivity contribution is 0.465. The third-order valence-electron chi connectivity index (χ3n) is 5.53. The quantitative estimate of drug-likeness (QED) is 0.347. The van der Waals surface area contributed by atoms with E-state index < -0.39 is 0 Å². The van der Waals surface area contributed by atoms with Gasteiger partial charge in [0.05, 0.1) is 11.5 Å². The third kappa shape index (κ3) is 4.87. The van der Waals surface area contributed by atoms with Crippen LogP contribution in [0.4, 0.5) is 17.1 Å². The molecular formula is C24H33N5O. The molecule has 0 fully saturated rings. The minimum absolute atomic E-state index is 0.466. The van der Waals surface area contributed by atoms with Gasteiger partial charge in [0.25, 0.3) is 0 Å². The Kier molecular flexibility index (Phi) is 7.22. The molecule has 0 spiro atoms. The maximum atomic E-state index is 10.2. The molecule has 0 radical (unpaired) electrons. The highest BCUT2D eigenvalue weighted by Crippen LogP contribution is 2.43. The number of aromatic hydroxyl groups is 1. The molecule has 2 aliphatic heterocycles. The second kappa shape index (κ2) is 10.1. The molecule has 30 heavy (non-hydrogen) atoms. The van der Waals surface area contributed by atoms with Crippen molar-refractivity contribution in [2.75, 3.05) is 42.7 Å². The molecule has 0 bridgehead atoms. The third-order valence-corrected chi connectivity index (χ3v) is 5.53. The lowest BCUT2D eigenvalue weighted by Crippen LogP contribution is -2.34. The van der Waals surface area contributed by atoms with Crippen molar-refractivity contribution in [2.24, 2.45) is 10.7 Å². The fourth-order valence-corrected chi connectivity index (χ4v) is 4.14. The molecule has 0 amide bonds. The van der Waals surface area contributed by atoms with Gasteiger partial charge in [0, 0.05) is 50.3 Å². The zero-order valence-corrected chi connectivity index (χ0v) is 18.2. The van der Waals surface area contributed by atoms with Gasteiger partial charge >= 0.3 is 0 Å². The van der Waals surface area contributed by atoms with Gasteiger partial charge in [-0.05, 0) is 61.9 Å². The molecule has 0 aromatic heterocycles. The number of aryl methyl sites for hydroxylation is 1. The van der Waals surface area contributed by atoms with Crippen molar-refractivity contribution < 1.29 is 5.11 Å². The van der Waals surface area contributed by atoms with Crippen molar-refractivity contribution in [1.82, 2.24) is 0 Å². The number of hydrogen-bond acceptors (Lipinski definition) is 5. The molecule has 0 atom stereocenters. The first-order valence-corrected chi connectivity index (χ1v) is 10.6. The smallest absolute Gasteiger partial charge is 0.143 e. The number of phenols is 1. The van der Waals surface area contributed by atoms with Gasteiger partial charge in [-0.1, -0.05) is 18.2 Å². The van der Waals surface area contributed by atoms with Crippen LogP contribution in [-0.2, 0) is 12.8 Å². The summed E-state index contributed by atoms with van der Waals surface area (Å²) in [6, 6.07) is 10.1. The molecule has 2 heterocycles. The molecule has 6 nitrogen and oxygen atoms in total. The predicted octanol–water partition coefficient (Wildman–Crippen LogP) is 4.21. The number of nitrogens with two attached hydrogens (primary N) is 1. The molecule has 5 N–H and O–H groups in total. The molecule has 6 heteroatoms. The Morgan fingerprint density at radius 3 is 2.50 bits per heavy atom. The van der Waals surface area contributed by atoms with Crippen molar-refractivity contribution >= 4 is 29.0 Å². The number of nitrogens with zero attached hydrogens (tertiary/aromatic N) is 2. The van der Waals surface area contributed by atoms with Crippen LogP contribution in [0.3, 0.4) is 0 Å². The average molecular weight is 408 g/mol. The van der Waals surface area contributed by atoms with Gasteiger partial charge in [0.15, 0.2) is 0 Å². The Balaban J connectivity index is 0.000000173. The van der Waals surface area contributed by atoms with Crippen molar-refractivity contribution in [3.8, 4) is 5.75 Å². The van der Waals surface area contributed by atoms with Crippen molar-refractivity contribution in [3.05, 3.63) is 53.2 Å². The maximum Gasteiger partial charge on any atom is 0.143 e. The van der Waals surface area contributed by atoms with Crippen molar-refractivity contribution in [3.63, 3.8) is 0 Å². The van der Waals surface area contributed by atoms with E-state index in [1.807, 2.05) is 44.4 Å². The van der Waals surface area contributed by atoms with Crippen LogP contribution in [0.25, 0.3) is 6.08 Å². The highest BCUT2D eigenvalue weighted by atomic mass is 16.3. The number of benzene rings is 2. The summed E-state index contributed by atoms with van der Waals surface area (Å²) >= 11 is 0. The average Bonchev–Trinajstić information content (AvgIpc) is 2.77. The van der Waals surface area contributed by atoms with Crippen molar-refractivity contribution in [1.29, 1.82) is 0 Å². The second-order valence-corrected chi connectivity index (χ2v) is 7.63. The highest BCUT2D eigenvalue weighted by Gasteiger charge is 2.27. The molecule has 0 saturated carbocycles. The minimum Gasteiger partial charge on any atom is -0.505 e. The van der Waals surface area contributed by atoms with E-state index in [4.69, 9.17) is 5.73 Å². The molecular weight excluding hydrogens is 374 g/mol. The standard InChI is InChI=1S/C13H18N2O.C11H15N3/c1-14-11-8-9-4-2-6-15-7-3-5-10(12(9)15)13(11)16;1-9(12)14-8-7-10-5-3-4-6-11(10)13-2/h8,14,16H,2-7H2,1H3;3-8,13H,1-2H3,(H2,12,14)/b;8-7-. The van der Waals surface area contributed by atoms with Crippen LogP contribution in [0, 0.1) is 0 Å². The molecule has 4 rings (SSSR count). The maximum absolute atomic E-state index is 10.2. The summed E-state index contributed by atoms with van der Waals surface area (Å²) < 4.78 is 0. The topological polar surface area (TPSA) is 85.9 Å². The fourth-order valence-electron chi connectivity index (χ4n) is 4.14. The highest BCUT2D eigenvalue weighted by molar-refractivity contribution is 5.79. The lowest BCUT2D eigenvalue weighted by atomic mass is 9.90. The van der Waals surface area contributed by atoms with Crippen LogP contribution in [0.5, 0.6) is 5.75 Å². The van der Waals surface area contributed by atoms with Crippen LogP contribution < -0.4 is 21.3 Å². The van der Waals surface area contributed by atoms with Gasteiger partial charge in [-0.2, -0.15) is 0 Å². The van der Waals surface area contributed by atoms with E-state index in [1.165, 1.54) is 17.7 Å². The number of anilines is 3. The number of para-hydroxylation sites is 1. The lowest BCUT2D eigenvalue weighted by Gasteiger charge is -2.37. The van der Waals surface area contributed by atoms with E-state index in [0.717, 1.165) is 54.9 Å². The number of aliphatic imine (C=N–C) groups is 1. The normalized spacial score (nSPS) is 15.3. The predicted molar refractivity (Wildman–Crippen MR) is 129 cm³/mol. The van der Waals surface area contributed by atoms with Gasteiger partial charge in [-0.3, -0.25) is 0 Å². The first-order valence-electron chi connectivity index (χ1n) is 10.6. The van der Waals surface area contributed by atoms with E-state index >= 15 is 0 Å². The molecule has 2 aromatic carbocycles. The Hall–Kier alpha value is -3.15. The summed E-state index contributed by atoms with van der Waals surface area (Å²) in [6.45, 7) is 4.06. The molecule has 2 aliphatic rings. The van der Waals surface area contributed by atoms with Crippen LogP contribution in [0.15, 0.2) is 41.5 Å². The van der Waals surface area contributed by atoms with Gasteiger partial charge in [-0.15, -0.1) is 0 Å². The van der Waals surface area contributed by atoms with E-state index in [9.17, 15) is 5.11 Å². The second-order valence-electron chi connectivity index (χ2n) is 7.63. The first-order chi connectivity index (χ1) is 14.5. The molecule has 0 saturated heterocycles. The zero-order valence-electron chi connectivity index (χ0n) is 18.2. The van der Waals surface area contributed by atoms with Gasteiger partial charge in [0.1, 0.15) is 5.75 Å². The summed E-state index contributed by atoms with van der Waals surface area (Å²) in [5.41, 5.74) is 12.4. The molecule has 0 unspecified atom stereocenters. The summed E-state index contributed by atoms with van der Waals surface area (Å²) in [7, 11) is 3.77. The van der Waals surface area contributed by atoms with E-state index in [-0.39, 0.29) is 0 Å². The fraction of sp³-hybridized carbons (Fsp3) is 0.375. The molecule has 160 valence electrons. The summed E-state index contributed by atoms with van der Waals surface area (Å²) in [5, 5.41) is 16.4. The number of amidine groups is 1. The Labute approximate surface area is 179 Å². The number of phenolic OH excluding ortho intramolecular Hbond substituents is 1. The van der Waals surface area contributed by atoms with E-state index in [2.05, 4.69) is 26.6 Å².